The third-order valence-electron chi connectivity index (χ3n) is 0.204. The SMILES string of the molecule is CNC(=O)[S-].NC(=O)[S-].[Zn+2]. The molecule has 0 aromatic carbocycles. The van der Waals surface area contributed by atoms with Crippen LogP contribution in [0.1, 0.15) is 0 Å². The van der Waals surface area contributed by atoms with Gasteiger partial charge in [0.2, 0.25) is 0 Å². The number of amides is 2. The summed E-state index contributed by atoms with van der Waals surface area (Å²) >= 11 is 7.79. The van der Waals surface area contributed by atoms with Crippen LogP contribution in [-0.2, 0) is 44.7 Å². The van der Waals surface area contributed by atoms with Crippen molar-refractivity contribution in [3.8, 4) is 0 Å². The fraction of sp³-hybridized carbons (Fsp3) is 0.333. The molecule has 4 nitrogen and oxygen atoms in total. The Morgan fingerprint density at radius 1 is 1.40 bits per heavy atom. The summed E-state index contributed by atoms with van der Waals surface area (Å²) in [6.07, 6.45) is 0. The van der Waals surface area contributed by atoms with Crippen LogP contribution in [0.15, 0.2) is 0 Å². The fourth-order valence-electron chi connectivity index (χ4n) is 0. The molecule has 2 amide bonds. The molecule has 0 aromatic rings. The van der Waals surface area contributed by atoms with Gasteiger partial charge in [0.05, 0.1) is 10.5 Å². The maximum absolute atomic E-state index is 9.52. The quantitative estimate of drug-likeness (QED) is 0.435. The second kappa shape index (κ2) is 11.8. The fourth-order valence-corrected chi connectivity index (χ4v) is 0. The molecule has 0 atom stereocenters. The summed E-state index contributed by atoms with van der Waals surface area (Å²) in [6, 6.07) is 0. The minimum atomic E-state index is -0.750. The molecule has 0 bridgehead atoms. The van der Waals surface area contributed by atoms with Crippen LogP contribution in [0.25, 0.3) is 0 Å². The van der Waals surface area contributed by atoms with Crippen LogP contribution in [0.4, 0.5) is 9.59 Å². The van der Waals surface area contributed by atoms with E-state index in [0.29, 0.717) is 0 Å². The number of primary amides is 1. The monoisotopic (exact) mass is 230 g/mol. The van der Waals surface area contributed by atoms with E-state index in [1.54, 1.807) is 0 Å². The smallest absolute Gasteiger partial charge is 0.719 e. The number of carbonyl (C=O) groups is 2. The summed E-state index contributed by atoms with van der Waals surface area (Å²) in [5.41, 5.74) is 4.29. The molecule has 0 aliphatic rings. The van der Waals surface area contributed by atoms with E-state index in [-0.39, 0.29) is 19.5 Å². The third-order valence-corrected chi connectivity index (χ3v) is 0.408. The van der Waals surface area contributed by atoms with Gasteiger partial charge in [0.1, 0.15) is 0 Å². The summed E-state index contributed by atoms with van der Waals surface area (Å²) in [5.74, 6) is 0. The van der Waals surface area contributed by atoms with Gasteiger partial charge in [0.15, 0.2) is 0 Å². The van der Waals surface area contributed by atoms with E-state index in [9.17, 15) is 4.79 Å². The predicted octanol–water partition coefficient (Wildman–Crippen LogP) is -0.518. The molecule has 0 spiro atoms. The van der Waals surface area contributed by atoms with Gasteiger partial charge in [-0.2, -0.15) is 0 Å². The molecule has 0 saturated carbocycles. The zero-order valence-corrected chi connectivity index (χ0v) is 10.0. The van der Waals surface area contributed by atoms with Gasteiger partial charge in [-0.3, -0.25) is 0 Å². The molecule has 0 unspecified atom stereocenters. The molecule has 7 heteroatoms. The van der Waals surface area contributed by atoms with E-state index in [2.05, 4.69) is 36.3 Å². The van der Waals surface area contributed by atoms with Crippen molar-refractivity contribution in [1.29, 1.82) is 0 Å². The topological polar surface area (TPSA) is 72.2 Å². The van der Waals surface area contributed by atoms with Gasteiger partial charge in [-0.25, -0.2) is 0 Å². The van der Waals surface area contributed by atoms with Gasteiger partial charge >= 0.3 is 19.5 Å². The molecule has 0 fully saturated rings. The van der Waals surface area contributed by atoms with Crippen molar-refractivity contribution in [2.24, 2.45) is 5.73 Å². The van der Waals surface area contributed by atoms with Gasteiger partial charge in [-0.15, -0.1) is 0 Å². The van der Waals surface area contributed by atoms with Crippen molar-refractivity contribution in [2.45, 2.75) is 0 Å². The molecule has 0 aliphatic heterocycles. The molecule has 0 saturated heterocycles. The molecule has 0 radical (unpaired) electrons. The normalized spacial score (nSPS) is 5.70. The van der Waals surface area contributed by atoms with Gasteiger partial charge in [0, 0.05) is 7.05 Å². The minimum absolute atomic E-state index is 0. The number of nitrogens with two attached hydrogens (primary N) is 1. The van der Waals surface area contributed by atoms with Crippen molar-refractivity contribution in [1.82, 2.24) is 5.32 Å². The van der Waals surface area contributed by atoms with E-state index < -0.39 is 10.5 Å². The van der Waals surface area contributed by atoms with E-state index >= 15 is 0 Å². The van der Waals surface area contributed by atoms with E-state index in [1.165, 1.54) is 7.05 Å². The second-order valence-electron chi connectivity index (χ2n) is 0.856. The first-order valence-corrected chi connectivity index (χ1v) is 2.67. The van der Waals surface area contributed by atoms with Crippen molar-refractivity contribution in [2.75, 3.05) is 7.05 Å². The molecule has 0 heterocycles. The molecular formula is C3H6N2O2S2Zn. The minimum Gasteiger partial charge on any atom is -0.719 e. The number of hydrogen-bond donors (Lipinski definition) is 2. The molecule has 3 N–H and O–H groups in total. The van der Waals surface area contributed by atoms with E-state index in [0.717, 1.165) is 0 Å². The van der Waals surface area contributed by atoms with Gasteiger partial charge in [-0.1, -0.05) is 0 Å². The Balaban J connectivity index is -0.0000000910. The van der Waals surface area contributed by atoms with Crippen LogP contribution in [0, 0.1) is 0 Å². The molecule has 0 rings (SSSR count). The van der Waals surface area contributed by atoms with Crippen LogP contribution >= 0.6 is 0 Å². The van der Waals surface area contributed by atoms with Crippen LogP contribution in [0.5, 0.6) is 0 Å². The van der Waals surface area contributed by atoms with Crippen molar-refractivity contribution < 1.29 is 29.1 Å². The number of rotatable bonds is 0. The molecule has 10 heavy (non-hydrogen) atoms. The second-order valence-corrected chi connectivity index (χ2v) is 1.63. The Morgan fingerprint density at radius 2 is 1.50 bits per heavy atom. The summed E-state index contributed by atoms with van der Waals surface area (Å²) in [7, 11) is 1.50. The van der Waals surface area contributed by atoms with E-state index in [4.69, 9.17) is 4.79 Å². The summed E-state index contributed by atoms with van der Waals surface area (Å²) in [4.78, 5) is 18.6. The molecular weight excluding hydrogens is 226 g/mol. The predicted molar refractivity (Wildman–Crippen MR) is 38.8 cm³/mol. The Hall–Kier alpha value is 0.00338. The molecule has 0 aliphatic carbocycles. The summed E-state index contributed by atoms with van der Waals surface area (Å²) in [5, 5.41) is 1.04. The van der Waals surface area contributed by atoms with Crippen molar-refractivity contribution in [3.63, 3.8) is 0 Å². The average molecular weight is 232 g/mol. The Kier molecular flexibility index (Phi) is 19.4. The van der Waals surface area contributed by atoms with Gasteiger partial charge in [0.25, 0.3) is 0 Å². The number of carbonyl (C=O) groups excluding carboxylic acids is 2. The van der Waals surface area contributed by atoms with E-state index in [1.807, 2.05) is 0 Å². The average Bonchev–Trinajstić information content (AvgIpc) is 1.65. The van der Waals surface area contributed by atoms with Gasteiger partial charge < -0.3 is 45.9 Å². The first-order chi connectivity index (χ1) is 4.00. The number of hydrogen-bond acceptors (Lipinski definition) is 4. The van der Waals surface area contributed by atoms with Crippen molar-refractivity contribution in [3.05, 3.63) is 0 Å². The molecule has 0 aromatic heterocycles. The Bertz CT molecular complexity index is 107. The summed E-state index contributed by atoms with van der Waals surface area (Å²) < 4.78 is 0. The zero-order chi connectivity index (χ0) is 7.86. The van der Waals surface area contributed by atoms with Crippen molar-refractivity contribution >= 4 is 35.7 Å². The molecule has 54 valence electrons. The maximum Gasteiger partial charge on any atom is 2.00 e. The van der Waals surface area contributed by atoms with Gasteiger partial charge in [-0.05, 0) is 0 Å². The Morgan fingerprint density at radius 3 is 1.50 bits per heavy atom. The standard InChI is InChI=1S/C2H5NOS.CH3NOS.Zn/c1-3-2(4)5;2-1(3)4;/h1H3,(H2,3,4,5);(H3,2,3,4);/q;;+2/p-2. The summed E-state index contributed by atoms with van der Waals surface area (Å²) in [6.45, 7) is 0. The van der Waals surface area contributed by atoms with Crippen LogP contribution < -0.4 is 11.1 Å². The van der Waals surface area contributed by atoms with Crippen LogP contribution in [0.2, 0.25) is 0 Å². The third kappa shape index (κ3) is 97.8. The van der Waals surface area contributed by atoms with Crippen LogP contribution in [0.3, 0.4) is 0 Å². The number of nitrogens with one attached hydrogen (secondary N) is 1. The Labute approximate surface area is 82.9 Å². The first kappa shape index (κ1) is 16.5. The van der Waals surface area contributed by atoms with Crippen LogP contribution in [-0.4, -0.2) is 17.5 Å². The largest absolute Gasteiger partial charge is 2.00 e. The zero-order valence-electron chi connectivity index (χ0n) is 5.42. The first-order valence-electron chi connectivity index (χ1n) is 1.86. The maximum atomic E-state index is 9.52.